The number of benzene rings is 2. The van der Waals surface area contributed by atoms with Gasteiger partial charge in [-0.1, -0.05) is 67.6 Å². The molecule has 0 radical (unpaired) electrons. The summed E-state index contributed by atoms with van der Waals surface area (Å²) < 4.78 is 5.62. The number of carboxylic acids is 1. The molecule has 1 fully saturated rings. The Morgan fingerprint density at radius 3 is 2.31 bits per heavy atom. The maximum Gasteiger partial charge on any atom is 0.407 e. The highest BCUT2D eigenvalue weighted by molar-refractivity contribution is 5.84. The van der Waals surface area contributed by atoms with Gasteiger partial charge in [0.2, 0.25) is 5.91 Å². The quantitative estimate of drug-likeness (QED) is 0.613. The molecule has 2 amide bonds. The summed E-state index contributed by atoms with van der Waals surface area (Å²) in [6, 6.07) is 16.1. The van der Waals surface area contributed by atoms with Crippen LogP contribution < -0.4 is 5.32 Å². The predicted octanol–water partition coefficient (Wildman–Crippen LogP) is 4.18. The van der Waals surface area contributed by atoms with Crippen LogP contribution in [0.1, 0.15) is 43.2 Å². The molecule has 182 valence electrons. The topological polar surface area (TPSA) is 95.9 Å². The summed E-state index contributed by atoms with van der Waals surface area (Å²) in [4.78, 5) is 38.9. The van der Waals surface area contributed by atoms with E-state index in [1.165, 1.54) is 11.1 Å². The first-order valence-electron chi connectivity index (χ1n) is 12.2. The van der Waals surface area contributed by atoms with Gasteiger partial charge in [-0.3, -0.25) is 9.59 Å². The Kier molecular flexibility index (Phi) is 6.09. The molecule has 1 heterocycles. The second-order valence-electron chi connectivity index (χ2n) is 9.75. The van der Waals surface area contributed by atoms with E-state index in [2.05, 4.69) is 29.6 Å². The van der Waals surface area contributed by atoms with Crippen molar-refractivity contribution in [1.29, 1.82) is 0 Å². The zero-order valence-electron chi connectivity index (χ0n) is 19.8. The van der Waals surface area contributed by atoms with Crippen molar-refractivity contribution in [2.45, 2.75) is 38.1 Å². The number of fused-ring (bicyclic) bond motifs is 3. The number of hydrogen-bond donors (Lipinski definition) is 2. The van der Waals surface area contributed by atoms with Crippen LogP contribution in [0.5, 0.6) is 0 Å². The second-order valence-corrected chi connectivity index (χ2v) is 9.75. The highest BCUT2D eigenvalue weighted by Crippen LogP contribution is 2.44. The van der Waals surface area contributed by atoms with Crippen LogP contribution in [0.4, 0.5) is 4.79 Å². The van der Waals surface area contributed by atoms with Gasteiger partial charge in [-0.25, -0.2) is 4.79 Å². The van der Waals surface area contributed by atoms with Crippen molar-refractivity contribution in [3.05, 3.63) is 71.8 Å². The molecule has 35 heavy (non-hydrogen) atoms. The number of ether oxygens (including phenoxy) is 1. The first-order chi connectivity index (χ1) is 16.9. The average molecular weight is 475 g/mol. The number of aliphatic carboxylic acids is 1. The summed E-state index contributed by atoms with van der Waals surface area (Å²) in [5.41, 5.74) is 3.81. The van der Waals surface area contributed by atoms with Gasteiger partial charge in [-0.15, -0.1) is 0 Å². The molecule has 2 aromatic rings. The number of amides is 2. The number of nitrogens with zero attached hydrogens (tertiary/aromatic N) is 1. The molecule has 0 bridgehead atoms. The van der Waals surface area contributed by atoms with E-state index in [-0.39, 0.29) is 36.9 Å². The number of likely N-dealkylation sites (tertiary alicyclic amines) is 1. The van der Waals surface area contributed by atoms with Gasteiger partial charge in [0.15, 0.2) is 0 Å². The molecule has 3 atom stereocenters. The van der Waals surface area contributed by atoms with E-state index in [4.69, 9.17) is 4.74 Å². The van der Waals surface area contributed by atoms with Crippen molar-refractivity contribution < 1.29 is 24.2 Å². The van der Waals surface area contributed by atoms with Gasteiger partial charge in [0.25, 0.3) is 0 Å². The lowest BCUT2D eigenvalue weighted by Gasteiger charge is -2.24. The minimum atomic E-state index is -0.850. The van der Waals surface area contributed by atoms with E-state index in [1.54, 1.807) is 4.90 Å². The van der Waals surface area contributed by atoms with Crippen LogP contribution in [0.15, 0.2) is 60.7 Å². The largest absolute Gasteiger partial charge is 0.481 e. The van der Waals surface area contributed by atoms with Crippen molar-refractivity contribution in [3.8, 4) is 11.1 Å². The Balaban J connectivity index is 1.15. The lowest BCUT2D eigenvalue weighted by Crippen LogP contribution is -2.39. The maximum atomic E-state index is 13.0. The number of carboxylic acid groups (broad SMARTS) is 1. The molecule has 5 rings (SSSR count). The van der Waals surface area contributed by atoms with Gasteiger partial charge in [0.05, 0.1) is 17.4 Å². The van der Waals surface area contributed by atoms with Gasteiger partial charge >= 0.3 is 12.1 Å². The van der Waals surface area contributed by atoms with Crippen molar-refractivity contribution >= 4 is 18.0 Å². The fraction of sp³-hybridized carbons (Fsp3) is 0.393. The van der Waals surface area contributed by atoms with Crippen LogP contribution in [0, 0.1) is 11.3 Å². The number of carbonyl (C=O) groups excluding carboxylic acids is 2. The first-order valence-corrected chi connectivity index (χ1v) is 12.2. The van der Waals surface area contributed by atoms with E-state index >= 15 is 0 Å². The number of alkyl carbamates (subject to hydrolysis) is 1. The smallest absolute Gasteiger partial charge is 0.407 e. The third-order valence-electron chi connectivity index (χ3n) is 7.84. The Bertz CT molecular complexity index is 1150. The zero-order valence-corrected chi connectivity index (χ0v) is 19.8. The van der Waals surface area contributed by atoms with Crippen LogP contribution in [-0.4, -0.2) is 53.7 Å². The fourth-order valence-electron chi connectivity index (χ4n) is 5.69. The van der Waals surface area contributed by atoms with Crippen molar-refractivity contribution in [3.63, 3.8) is 0 Å². The van der Waals surface area contributed by atoms with Crippen LogP contribution in [0.2, 0.25) is 0 Å². The molecule has 7 heteroatoms. The molecular weight excluding hydrogens is 444 g/mol. The molecule has 2 aromatic carbocycles. The Hall–Kier alpha value is -3.61. The second kappa shape index (κ2) is 9.21. The Labute approximate surface area is 204 Å². The summed E-state index contributed by atoms with van der Waals surface area (Å²) in [5, 5.41) is 12.5. The molecule has 2 aliphatic carbocycles. The van der Waals surface area contributed by atoms with E-state index in [0.717, 1.165) is 11.1 Å². The standard InChI is InChI=1S/C28H30N2O5/c1-2-28(26(32)33)13-14-30(17-28)25(31)18-11-12-19(15-18)29-27(34)35-16-24-22-9-5-3-7-20(22)21-8-4-6-10-23(21)24/h3-12,18-19,24H,2,13-17H2,1H3,(H,29,34)(H,32,33). The van der Waals surface area contributed by atoms with E-state index in [9.17, 15) is 19.5 Å². The third kappa shape index (κ3) is 4.20. The summed E-state index contributed by atoms with van der Waals surface area (Å²) in [5.74, 6) is -1.29. The van der Waals surface area contributed by atoms with E-state index in [0.29, 0.717) is 25.8 Å². The highest BCUT2D eigenvalue weighted by atomic mass is 16.5. The summed E-state index contributed by atoms with van der Waals surface area (Å²) in [7, 11) is 0. The van der Waals surface area contributed by atoms with Gasteiger partial charge in [-0.05, 0) is 41.5 Å². The summed E-state index contributed by atoms with van der Waals surface area (Å²) in [6.45, 7) is 2.78. The molecule has 1 saturated heterocycles. The maximum absolute atomic E-state index is 13.0. The van der Waals surface area contributed by atoms with Crippen LogP contribution in [0.25, 0.3) is 11.1 Å². The van der Waals surface area contributed by atoms with Crippen molar-refractivity contribution in [1.82, 2.24) is 10.2 Å². The molecule has 0 saturated carbocycles. The molecule has 3 unspecified atom stereocenters. The molecule has 3 aliphatic rings. The van der Waals surface area contributed by atoms with E-state index < -0.39 is 17.5 Å². The van der Waals surface area contributed by atoms with Crippen LogP contribution >= 0.6 is 0 Å². The number of nitrogens with one attached hydrogen (secondary N) is 1. The number of carbonyl (C=O) groups is 3. The number of hydrogen-bond acceptors (Lipinski definition) is 4. The molecule has 7 nitrogen and oxygen atoms in total. The Morgan fingerprint density at radius 2 is 1.71 bits per heavy atom. The molecular formula is C28H30N2O5. The molecule has 0 spiro atoms. The van der Waals surface area contributed by atoms with Gasteiger partial charge in [0.1, 0.15) is 6.61 Å². The van der Waals surface area contributed by atoms with Crippen LogP contribution in [0.3, 0.4) is 0 Å². The SMILES string of the molecule is CCC1(C(=O)O)CCN(C(=O)C2C=CC(NC(=O)OCC3c4ccccc4-c4ccccc43)C2)C1. The molecule has 1 aliphatic heterocycles. The van der Waals surface area contributed by atoms with Gasteiger partial charge < -0.3 is 20.1 Å². The summed E-state index contributed by atoms with van der Waals surface area (Å²) >= 11 is 0. The van der Waals surface area contributed by atoms with Gasteiger partial charge in [-0.2, -0.15) is 0 Å². The lowest BCUT2D eigenvalue weighted by molar-refractivity contribution is -0.148. The summed E-state index contributed by atoms with van der Waals surface area (Å²) in [6.07, 6.45) is 4.55. The first kappa shape index (κ1) is 23.1. The van der Waals surface area contributed by atoms with Crippen LogP contribution in [-0.2, 0) is 14.3 Å². The lowest BCUT2D eigenvalue weighted by atomic mass is 9.84. The van der Waals surface area contributed by atoms with Crippen molar-refractivity contribution in [2.24, 2.45) is 11.3 Å². The molecule has 0 aromatic heterocycles. The monoisotopic (exact) mass is 474 g/mol. The highest BCUT2D eigenvalue weighted by Gasteiger charge is 2.46. The Morgan fingerprint density at radius 1 is 1.06 bits per heavy atom. The van der Waals surface area contributed by atoms with E-state index in [1.807, 2.05) is 43.3 Å². The zero-order chi connectivity index (χ0) is 24.6. The minimum absolute atomic E-state index is 0.00942. The minimum Gasteiger partial charge on any atom is -0.481 e. The third-order valence-corrected chi connectivity index (χ3v) is 7.84. The normalized spacial score (nSPS) is 24.8. The average Bonchev–Trinajstić information content (AvgIpc) is 3.59. The number of rotatable bonds is 6. The fourth-order valence-corrected chi connectivity index (χ4v) is 5.69. The van der Waals surface area contributed by atoms with Gasteiger partial charge in [0, 0.05) is 19.0 Å². The molecule has 2 N–H and O–H groups in total. The van der Waals surface area contributed by atoms with Crippen molar-refractivity contribution in [2.75, 3.05) is 19.7 Å². The predicted molar refractivity (Wildman–Crippen MR) is 131 cm³/mol.